The van der Waals surface area contributed by atoms with E-state index < -0.39 is 5.54 Å². The Morgan fingerprint density at radius 2 is 2.12 bits per heavy atom. The number of carbonyl (C=O) groups is 1. The molecule has 0 radical (unpaired) electrons. The normalized spacial score (nSPS) is 13.2. The molecule has 4 nitrogen and oxygen atoms in total. The highest BCUT2D eigenvalue weighted by molar-refractivity contribution is 6.21. The van der Waals surface area contributed by atoms with Gasteiger partial charge in [0.25, 0.3) is 5.91 Å². The molecule has 0 aromatic carbocycles. The Labute approximate surface area is 99.0 Å². The number of aromatic nitrogens is 1. The molecule has 2 N–H and O–H groups in total. The van der Waals surface area contributed by atoms with Crippen molar-refractivity contribution in [2.45, 2.75) is 31.7 Å². The summed E-state index contributed by atoms with van der Waals surface area (Å²) in [6, 6.07) is 2.79. The van der Waals surface area contributed by atoms with Crippen LogP contribution in [0.25, 0.3) is 0 Å². The van der Waals surface area contributed by atoms with Gasteiger partial charge in [-0.05, 0) is 26.8 Å². The number of hydrogen-bond donors (Lipinski definition) is 2. The number of rotatable bonds is 3. The smallest absolute Gasteiger partial charge is 0.253 e. The van der Waals surface area contributed by atoms with Gasteiger partial charge in [0.15, 0.2) is 0 Å². The Bertz CT molecular complexity index is 417. The van der Waals surface area contributed by atoms with Gasteiger partial charge in [-0.2, -0.15) is 0 Å². The average molecular weight is 243 g/mol. The number of hydrogen-bond acceptors (Lipinski definition) is 2. The molecular formula is C11H15ClN2O2. The number of H-pyrrole nitrogens is 1. The summed E-state index contributed by atoms with van der Waals surface area (Å²) >= 11 is 5.95. The number of nitrogens with one attached hydrogen (secondary N) is 2. The van der Waals surface area contributed by atoms with E-state index in [0.29, 0.717) is 5.56 Å². The summed E-state index contributed by atoms with van der Waals surface area (Å²) in [7, 11) is 0. The highest BCUT2D eigenvalue weighted by Gasteiger charge is 2.26. The predicted molar refractivity (Wildman–Crippen MR) is 63.9 cm³/mol. The van der Waals surface area contributed by atoms with E-state index in [1.54, 1.807) is 0 Å². The largest absolute Gasteiger partial charge is 0.346 e. The van der Waals surface area contributed by atoms with Gasteiger partial charge in [0, 0.05) is 12.3 Å². The quantitative estimate of drug-likeness (QED) is 0.790. The predicted octanol–water partition coefficient (Wildman–Crippen LogP) is 1.51. The minimum atomic E-state index is -0.505. The van der Waals surface area contributed by atoms with E-state index in [1.807, 2.05) is 20.8 Å². The standard InChI is InChI=1S/C11H15ClN2O2/c1-7(12)11(2,3)14-10(16)8-4-5-9(15)13-6-8/h4-7H,1-3H3,(H,13,15)(H,14,16). The van der Waals surface area contributed by atoms with E-state index in [4.69, 9.17) is 11.6 Å². The summed E-state index contributed by atoms with van der Waals surface area (Å²) in [5, 5.41) is 2.60. The van der Waals surface area contributed by atoms with Crippen molar-refractivity contribution in [2.24, 2.45) is 0 Å². The van der Waals surface area contributed by atoms with Crippen LogP contribution in [0.2, 0.25) is 0 Å². The molecule has 0 saturated heterocycles. The van der Waals surface area contributed by atoms with Gasteiger partial charge in [-0.3, -0.25) is 9.59 Å². The average Bonchev–Trinajstić information content (AvgIpc) is 2.17. The van der Waals surface area contributed by atoms with Crippen LogP contribution in [0.5, 0.6) is 0 Å². The zero-order chi connectivity index (χ0) is 12.3. The van der Waals surface area contributed by atoms with Gasteiger partial charge in [0.05, 0.1) is 16.5 Å². The molecule has 5 heteroatoms. The molecule has 0 bridgehead atoms. The van der Waals surface area contributed by atoms with Gasteiger partial charge in [-0.1, -0.05) is 0 Å². The Morgan fingerprint density at radius 3 is 2.56 bits per heavy atom. The van der Waals surface area contributed by atoms with Crippen molar-refractivity contribution in [3.05, 3.63) is 34.2 Å². The van der Waals surface area contributed by atoms with E-state index in [0.717, 1.165) is 0 Å². The number of alkyl halides is 1. The number of carbonyl (C=O) groups excluding carboxylic acids is 1. The number of halogens is 1. The SMILES string of the molecule is CC(Cl)C(C)(C)NC(=O)c1ccc(=O)[nH]c1. The van der Waals surface area contributed by atoms with Crippen molar-refractivity contribution >= 4 is 17.5 Å². The zero-order valence-electron chi connectivity index (χ0n) is 9.50. The van der Waals surface area contributed by atoms with Crippen LogP contribution in [-0.4, -0.2) is 21.8 Å². The van der Waals surface area contributed by atoms with Crippen molar-refractivity contribution in [1.29, 1.82) is 0 Å². The second kappa shape index (κ2) is 4.70. The van der Waals surface area contributed by atoms with Crippen LogP contribution in [-0.2, 0) is 0 Å². The van der Waals surface area contributed by atoms with E-state index in [-0.39, 0.29) is 16.8 Å². The molecule has 0 spiro atoms. The van der Waals surface area contributed by atoms with Crippen molar-refractivity contribution in [1.82, 2.24) is 10.3 Å². The number of amides is 1. The fourth-order valence-electron chi connectivity index (χ4n) is 1.02. The third kappa shape index (κ3) is 3.10. The van der Waals surface area contributed by atoms with E-state index in [2.05, 4.69) is 10.3 Å². The maximum atomic E-state index is 11.8. The van der Waals surface area contributed by atoms with Crippen LogP contribution < -0.4 is 10.9 Å². The van der Waals surface area contributed by atoms with Crippen molar-refractivity contribution in [3.63, 3.8) is 0 Å². The first-order valence-corrected chi connectivity index (χ1v) is 5.42. The molecule has 0 aliphatic carbocycles. The fraction of sp³-hybridized carbons (Fsp3) is 0.455. The summed E-state index contributed by atoms with van der Waals surface area (Å²) in [6.07, 6.45) is 1.38. The third-order valence-electron chi connectivity index (χ3n) is 2.48. The van der Waals surface area contributed by atoms with Gasteiger partial charge in [0.1, 0.15) is 0 Å². The highest BCUT2D eigenvalue weighted by Crippen LogP contribution is 2.15. The van der Waals surface area contributed by atoms with E-state index >= 15 is 0 Å². The molecule has 1 heterocycles. The molecule has 16 heavy (non-hydrogen) atoms. The molecule has 1 aromatic rings. The maximum Gasteiger partial charge on any atom is 0.253 e. The summed E-state index contributed by atoms with van der Waals surface area (Å²) in [5.74, 6) is -0.256. The summed E-state index contributed by atoms with van der Waals surface area (Å²) in [5.41, 5.74) is -0.332. The Hall–Kier alpha value is -1.29. The first-order valence-electron chi connectivity index (χ1n) is 4.98. The van der Waals surface area contributed by atoms with Crippen LogP contribution in [0.3, 0.4) is 0 Å². The second-order valence-electron chi connectivity index (χ2n) is 4.23. The van der Waals surface area contributed by atoms with Crippen LogP contribution >= 0.6 is 11.6 Å². The van der Waals surface area contributed by atoms with Crippen LogP contribution in [0.1, 0.15) is 31.1 Å². The lowest BCUT2D eigenvalue weighted by Gasteiger charge is -2.28. The number of pyridine rings is 1. The van der Waals surface area contributed by atoms with E-state index in [1.165, 1.54) is 18.3 Å². The molecular weight excluding hydrogens is 228 g/mol. The first-order chi connectivity index (χ1) is 7.33. The Kier molecular flexibility index (Phi) is 3.75. The lowest BCUT2D eigenvalue weighted by molar-refractivity contribution is 0.0912. The molecule has 88 valence electrons. The molecule has 1 aromatic heterocycles. The number of aromatic amines is 1. The van der Waals surface area contributed by atoms with Gasteiger partial charge in [-0.15, -0.1) is 11.6 Å². The first kappa shape index (κ1) is 12.8. The van der Waals surface area contributed by atoms with Gasteiger partial charge in [0.2, 0.25) is 5.56 Å². The fourth-order valence-corrected chi connectivity index (χ4v) is 1.07. The van der Waals surface area contributed by atoms with Gasteiger partial charge < -0.3 is 10.3 Å². The molecule has 1 amide bonds. The summed E-state index contributed by atoms with van der Waals surface area (Å²) in [4.78, 5) is 25.1. The highest BCUT2D eigenvalue weighted by atomic mass is 35.5. The molecule has 0 saturated carbocycles. The minimum absolute atomic E-state index is 0.195. The summed E-state index contributed by atoms with van der Waals surface area (Å²) in [6.45, 7) is 5.50. The lowest BCUT2D eigenvalue weighted by Crippen LogP contribution is -2.49. The topological polar surface area (TPSA) is 62.0 Å². The zero-order valence-corrected chi connectivity index (χ0v) is 10.3. The monoisotopic (exact) mass is 242 g/mol. The van der Waals surface area contributed by atoms with Crippen molar-refractivity contribution < 1.29 is 4.79 Å². The molecule has 1 rings (SSSR count). The minimum Gasteiger partial charge on any atom is -0.346 e. The van der Waals surface area contributed by atoms with Crippen molar-refractivity contribution in [3.8, 4) is 0 Å². The van der Waals surface area contributed by atoms with Crippen molar-refractivity contribution in [2.75, 3.05) is 0 Å². The van der Waals surface area contributed by atoms with Gasteiger partial charge >= 0.3 is 0 Å². The molecule has 1 atom stereocenters. The van der Waals surface area contributed by atoms with Crippen LogP contribution in [0.15, 0.2) is 23.1 Å². The molecule has 0 aliphatic heterocycles. The van der Waals surface area contributed by atoms with Gasteiger partial charge in [-0.25, -0.2) is 0 Å². The van der Waals surface area contributed by atoms with E-state index in [9.17, 15) is 9.59 Å². The van der Waals surface area contributed by atoms with Crippen LogP contribution in [0.4, 0.5) is 0 Å². The lowest BCUT2D eigenvalue weighted by atomic mass is 10.0. The maximum absolute atomic E-state index is 11.8. The Balaban J connectivity index is 2.80. The molecule has 0 aliphatic rings. The second-order valence-corrected chi connectivity index (χ2v) is 4.89. The Morgan fingerprint density at radius 1 is 1.50 bits per heavy atom. The molecule has 0 fully saturated rings. The summed E-state index contributed by atoms with van der Waals surface area (Å²) < 4.78 is 0. The van der Waals surface area contributed by atoms with Crippen LogP contribution in [0, 0.1) is 0 Å². The third-order valence-corrected chi connectivity index (χ3v) is 3.02. The molecule has 1 unspecified atom stereocenters.